The minimum absolute atomic E-state index is 0.00713. The molecular weight excluding hydrogens is 467 g/mol. The molecule has 4 aromatic rings. The van der Waals surface area contributed by atoms with Crippen molar-refractivity contribution in [3.8, 4) is 5.69 Å². The number of benzene rings is 3. The van der Waals surface area contributed by atoms with E-state index in [1.54, 1.807) is 34.0 Å². The Morgan fingerprint density at radius 2 is 1.80 bits per heavy atom. The van der Waals surface area contributed by atoms with E-state index in [2.05, 4.69) is 10.4 Å². The first-order valence-electron chi connectivity index (χ1n) is 11.6. The highest BCUT2D eigenvalue weighted by Gasteiger charge is 2.44. The summed E-state index contributed by atoms with van der Waals surface area (Å²) >= 11 is 6.29. The third-order valence-corrected chi connectivity index (χ3v) is 6.92. The van der Waals surface area contributed by atoms with Crippen LogP contribution in [-0.2, 0) is 9.59 Å². The zero-order chi connectivity index (χ0) is 24.1. The summed E-state index contributed by atoms with van der Waals surface area (Å²) in [5, 5.41) is 9.00. The number of hydrogen-bond donors (Lipinski definition) is 1. The molecule has 6 rings (SSSR count). The zero-order valence-corrected chi connectivity index (χ0v) is 19.5. The van der Waals surface area contributed by atoms with Gasteiger partial charge in [0.15, 0.2) is 0 Å². The fourth-order valence-corrected chi connectivity index (χ4v) is 5.04. The molecule has 2 aliphatic rings. The molecule has 35 heavy (non-hydrogen) atoms. The molecule has 1 saturated heterocycles. The van der Waals surface area contributed by atoms with Crippen LogP contribution in [0.2, 0.25) is 5.02 Å². The van der Waals surface area contributed by atoms with E-state index >= 15 is 0 Å². The van der Waals surface area contributed by atoms with Gasteiger partial charge in [0, 0.05) is 28.4 Å². The summed E-state index contributed by atoms with van der Waals surface area (Å²) in [5.74, 6) is -0.322. The average Bonchev–Trinajstić information content (AvgIpc) is 3.54. The maximum absolute atomic E-state index is 13.4. The molecule has 0 radical (unpaired) electrons. The summed E-state index contributed by atoms with van der Waals surface area (Å²) in [4.78, 5) is 27.6. The Kier molecular flexibility index (Phi) is 5.29. The van der Waals surface area contributed by atoms with E-state index in [1.165, 1.54) is 12.1 Å². The number of hydrogen-bond acceptors (Lipinski definition) is 3. The predicted octanol–water partition coefficient (Wildman–Crippen LogP) is 5.19. The number of amides is 2. The molecule has 3 aromatic carbocycles. The van der Waals surface area contributed by atoms with Gasteiger partial charge >= 0.3 is 0 Å². The van der Waals surface area contributed by atoms with Crippen LogP contribution in [-0.4, -0.2) is 27.6 Å². The third-order valence-electron chi connectivity index (χ3n) is 6.69. The number of carbonyl (C=O) groups is 2. The van der Waals surface area contributed by atoms with Crippen LogP contribution in [0.4, 0.5) is 10.1 Å². The molecule has 2 atom stereocenters. The first kappa shape index (κ1) is 21.8. The SMILES string of the molecule is O=C(N[C@H]1CC(=O)N(c2ccc3c(cnn3-c3ccc(F)cc3)c2)C1c1cccc(Cl)c1)C1CC1. The minimum atomic E-state index is -0.381. The Hall–Kier alpha value is -3.71. The van der Waals surface area contributed by atoms with Crippen molar-refractivity contribution < 1.29 is 14.0 Å². The lowest BCUT2D eigenvalue weighted by Crippen LogP contribution is -2.40. The van der Waals surface area contributed by atoms with E-state index in [0.29, 0.717) is 10.7 Å². The summed E-state index contributed by atoms with van der Waals surface area (Å²) in [5.41, 5.74) is 3.16. The monoisotopic (exact) mass is 488 g/mol. The van der Waals surface area contributed by atoms with Crippen LogP contribution in [0.3, 0.4) is 0 Å². The number of fused-ring (bicyclic) bond motifs is 1. The fraction of sp³-hybridized carbons (Fsp3) is 0.222. The Morgan fingerprint density at radius 1 is 1.03 bits per heavy atom. The molecule has 2 amide bonds. The molecule has 1 unspecified atom stereocenters. The van der Waals surface area contributed by atoms with Gasteiger partial charge in [0.05, 0.1) is 29.5 Å². The predicted molar refractivity (Wildman–Crippen MR) is 132 cm³/mol. The van der Waals surface area contributed by atoms with Gasteiger partial charge in [-0.2, -0.15) is 5.10 Å². The molecule has 1 aromatic heterocycles. The van der Waals surface area contributed by atoms with Crippen molar-refractivity contribution in [3.63, 3.8) is 0 Å². The molecule has 176 valence electrons. The molecule has 6 nitrogen and oxygen atoms in total. The molecule has 1 aliphatic carbocycles. The normalized spacial score (nSPS) is 19.9. The van der Waals surface area contributed by atoms with Crippen molar-refractivity contribution in [2.24, 2.45) is 5.92 Å². The van der Waals surface area contributed by atoms with Crippen LogP contribution in [0.5, 0.6) is 0 Å². The lowest BCUT2D eigenvalue weighted by Gasteiger charge is -2.29. The van der Waals surface area contributed by atoms with Crippen molar-refractivity contribution in [2.45, 2.75) is 31.3 Å². The van der Waals surface area contributed by atoms with E-state index in [-0.39, 0.29) is 42.1 Å². The number of nitrogens with one attached hydrogen (secondary N) is 1. The van der Waals surface area contributed by atoms with Crippen LogP contribution in [0.15, 0.2) is 72.9 Å². The van der Waals surface area contributed by atoms with Gasteiger partial charge in [-0.3, -0.25) is 9.59 Å². The van der Waals surface area contributed by atoms with Crippen LogP contribution >= 0.6 is 11.6 Å². The number of anilines is 1. The molecule has 2 heterocycles. The number of nitrogens with zero attached hydrogens (tertiary/aromatic N) is 3. The van der Waals surface area contributed by atoms with Crippen molar-refractivity contribution in [1.82, 2.24) is 15.1 Å². The Morgan fingerprint density at radius 3 is 2.54 bits per heavy atom. The van der Waals surface area contributed by atoms with Crippen LogP contribution < -0.4 is 10.2 Å². The van der Waals surface area contributed by atoms with Gasteiger partial charge in [-0.25, -0.2) is 9.07 Å². The standard InChI is InChI=1S/C27H22ClFN4O2/c28-19-3-1-2-17(12-19)26-23(31-27(35)16-4-5-16)14-25(34)32(26)22-10-11-24-18(13-22)15-30-33(24)21-8-6-20(29)7-9-21/h1-3,6-13,15-16,23,26H,4-5,14H2,(H,31,35)/t23-,26?/m0/s1. The summed E-state index contributed by atoms with van der Waals surface area (Å²) < 4.78 is 15.1. The first-order chi connectivity index (χ1) is 17.0. The molecule has 2 fully saturated rings. The van der Waals surface area contributed by atoms with Gasteiger partial charge in [0.25, 0.3) is 0 Å². The molecule has 1 aliphatic heterocycles. The highest BCUT2D eigenvalue weighted by molar-refractivity contribution is 6.30. The van der Waals surface area contributed by atoms with Gasteiger partial charge in [-0.15, -0.1) is 0 Å². The van der Waals surface area contributed by atoms with Crippen molar-refractivity contribution in [3.05, 3.63) is 89.3 Å². The average molecular weight is 489 g/mol. The first-order valence-corrected chi connectivity index (χ1v) is 12.0. The van der Waals surface area contributed by atoms with Gasteiger partial charge in [-0.05, 0) is 73.0 Å². The molecular formula is C27H22ClFN4O2. The lowest BCUT2D eigenvalue weighted by atomic mass is 9.99. The van der Waals surface area contributed by atoms with Crippen LogP contribution in [0, 0.1) is 11.7 Å². The number of halogens is 2. The second-order valence-electron chi connectivity index (χ2n) is 9.13. The van der Waals surface area contributed by atoms with Crippen molar-refractivity contribution in [1.29, 1.82) is 0 Å². The zero-order valence-electron chi connectivity index (χ0n) is 18.7. The quantitative estimate of drug-likeness (QED) is 0.420. The van der Waals surface area contributed by atoms with Crippen LogP contribution in [0.25, 0.3) is 16.6 Å². The maximum atomic E-state index is 13.4. The summed E-state index contributed by atoms with van der Waals surface area (Å²) in [6.45, 7) is 0. The third kappa shape index (κ3) is 4.06. The summed E-state index contributed by atoms with van der Waals surface area (Å²) in [6.07, 6.45) is 3.73. The smallest absolute Gasteiger partial charge is 0.229 e. The highest BCUT2D eigenvalue weighted by atomic mass is 35.5. The molecule has 0 bridgehead atoms. The fourth-order valence-electron chi connectivity index (χ4n) is 4.84. The summed E-state index contributed by atoms with van der Waals surface area (Å²) in [7, 11) is 0. The second-order valence-corrected chi connectivity index (χ2v) is 9.57. The Balaban J connectivity index is 1.39. The summed E-state index contributed by atoms with van der Waals surface area (Å²) in [6, 6.07) is 18.5. The van der Waals surface area contributed by atoms with E-state index in [9.17, 15) is 14.0 Å². The minimum Gasteiger partial charge on any atom is -0.350 e. The van der Waals surface area contributed by atoms with Crippen molar-refractivity contribution in [2.75, 3.05) is 4.90 Å². The maximum Gasteiger partial charge on any atom is 0.229 e. The van der Waals surface area contributed by atoms with Crippen LogP contribution in [0.1, 0.15) is 30.9 Å². The number of rotatable bonds is 5. The lowest BCUT2D eigenvalue weighted by molar-refractivity contribution is -0.123. The van der Waals surface area contributed by atoms with E-state index in [4.69, 9.17) is 11.6 Å². The Bertz CT molecular complexity index is 1450. The number of carbonyl (C=O) groups excluding carboxylic acids is 2. The highest BCUT2D eigenvalue weighted by Crippen LogP contribution is 2.40. The van der Waals surface area contributed by atoms with Gasteiger partial charge in [0.2, 0.25) is 11.8 Å². The Labute approximate surface area is 206 Å². The van der Waals surface area contributed by atoms with Gasteiger partial charge in [-0.1, -0.05) is 23.7 Å². The number of aromatic nitrogens is 2. The van der Waals surface area contributed by atoms with Gasteiger partial charge < -0.3 is 10.2 Å². The van der Waals surface area contributed by atoms with E-state index in [0.717, 1.165) is 35.0 Å². The molecule has 8 heteroatoms. The topological polar surface area (TPSA) is 67.2 Å². The van der Waals surface area contributed by atoms with Gasteiger partial charge in [0.1, 0.15) is 5.82 Å². The molecule has 1 N–H and O–H groups in total. The molecule has 1 saturated carbocycles. The van der Waals surface area contributed by atoms with E-state index in [1.807, 2.05) is 36.4 Å². The van der Waals surface area contributed by atoms with E-state index < -0.39 is 0 Å². The largest absolute Gasteiger partial charge is 0.350 e. The second kappa shape index (κ2) is 8.50. The van der Waals surface area contributed by atoms with Crippen molar-refractivity contribution >= 4 is 40.0 Å². The molecule has 0 spiro atoms.